The van der Waals surface area contributed by atoms with Gasteiger partial charge in [-0.05, 0) is 51.0 Å². The predicted octanol–water partition coefficient (Wildman–Crippen LogP) is 2.01. The first kappa shape index (κ1) is 17.5. The summed E-state index contributed by atoms with van der Waals surface area (Å²) in [5.41, 5.74) is 0.676. The van der Waals surface area contributed by atoms with Crippen molar-refractivity contribution in [1.82, 2.24) is 20.4 Å². The maximum atomic E-state index is 12.1. The minimum Gasteiger partial charge on any atom is -0.350 e. The molecule has 1 aromatic heterocycles. The average Bonchev–Trinajstić information content (AvgIpc) is 3.31. The summed E-state index contributed by atoms with van der Waals surface area (Å²) in [6, 6.07) is 9.10. The summed E-state index contributed by atoms with van der Waals surface area (Å²) in [5.74, 6) is -0.644. The van der Waals surface area contributed by atoms with Crippen LogP contribution in [-0.4, -0.2) is 53.1 Å². The third-order valence-corrected chi connectivity index (χ3v) is 4.90. The first-order chi connectivity index (χ1) is 12.2. The molecule has 0 unspecified atom stereocenters. The SMILES string of the molecule is O=C(NCCCN1CCCC1)c1nnc(C(=O)Nc2ccccc2)s1. The summed E-state index contributed by atoms with van der Waals surface area (Å²) in [5, 5.41) is 13.6. The number of amides is 2. The summed E-state index contributed by atoms with van der Waals surface area (Å²) >= 11 is 0.995. The van der Waals surface area contributed by atoms with E-state index < -0.39 is 0 Å². The smallest absolute Gasteiger partial charge is 0.286 e. The highest BCUT2D eigenvalue weighted by molar-refractivity contribution is 7.15. The number of nitrogens with one attached hydrogen (secondary N) is 2. The molecular formula is C17H21N5O2S. The van der Waals surface area contributed by atoms with Crippen LogP contribution in [0, 0.1) is 0 Å². The Hall–Kier alpha value is -2.32. The molecule has 8 heteroatoms. The minimum atomic E-state index is -0.364. The number of para-hydroxylation sites is 1. The molecule has 0 radical (unpaired) electrons. The maximum Gasteiger partial charge on any atom is 0.286 e. The Morgan fingerprint density at radius 2 is 1.72 bits per heavy atom. The zero-order chi connectivity index (χ0) is 17.5. The zero-order valence-electron chi connectivity index (χ0n) is 13.9. The zero-order valence-corrected chi connectivity index (χ0v) is 14.7. The van der Waals surface area contributed by atoms with Gasteiger partial charge in [-0.3, -0.25) is 9.59 Å². The van der Waals surface area contributed by atoms with Crippen LogP contribution in [0.25, 0.3) is 0 Å². The van der Waals surface area contributed by atoms with Gasteiger partial charge in [0.25, 0.3) is 11.8 Å². The summed E-state index contributed by atoms with van der Waals surface area (Å²) in [6.45, 7) is 3.91. The van der Waals surface area contributed by atoms with Gasteiger partial charge in [0.2, 0.25) is 10.0 Å². The maximum absolute atomic E-state index is 12.1. The largest absolute Gasteiger partial charge is 0.350 e. The molecule has 1 aromatic carbocycles. The van der Waals surface area contributed by atoms with Gasteiger partial charge >= 0.3 is 0 Å². The molecule has 2 amide bonds. The molecule has 2 heterocycles. The van der Waals surface area contributed by atoms with E-state index in [0.717, 1.165) is 37.4 Å². The lowest BCUT2D eigenvalue weighted by molar-refractivity contribution is 0.0949. The molecule has 25 heavy (non-hydrogen) atoms. The second-order valence-corrected chi connectivity index (χ2v) is 6.87. The van der Waals surface area contributed by atoms with Crippen molar-refractivity contribution in [2.75, 3.05) is 31.5 Å². The highest BCUT2D eigenvalue weighted by Crippen LogP contribution is 2.13. The number of nitrogens with zero attached hydrogens (tertiary/aromatic N) is 3. The molecule has 0 bridgehead atoms. The Labute approximate surface area is 150 Å². The van der Waals surface area contributed by atoms with Gasteiger partial charge in [-0.1, -0.05) is 29.5 Å². The molecule has 0 spiro atoms. The molecule has 2 aromatic rings. The van der Waals surface area contributed by atoms with Crippen LogP contribution in [0.5, 0.6) is 0 Å². The van der Waals surface area contributed by atoms with Gasteiger partial charge in [0.1, 0.15) is 0 Å². The van der Waals surface area contributed by atoms with Crippen LogP contribution in [0.15, 0.2) is 30.3 Å². The first-order valence-electron chi connectivity index (χ1n) is 8.43. The molecule has 1 aliphatic rings. The Bertz CT molecular complexity index is 713. The molecule has 0 atom stereocenters. The van der Waals surface area contributed by atoms with Crippen molar-refractivity contribution in [3.8, 4) is 0 Å². The van der Waals surface area contributed by atoms with Crippen LogP contribution < -0.4 is 10.6 Å². The number of benzene rings is 1. The van der Waals surface area contributed by atoms with Gasteiger partial charge in [-0.25, -0.2) is 0 Å². The van der Waals surface area contributed by atoms with Crippen molar-refractivity contribution in [3.05, 3.63) is 40.3 Å². The Morgan fingerprint density at radius 3 is 2.44 bits per heavy atom. The van der Waals surface area contributed by atoms with Crippen LogP contribution in [0.4, 0.5) is 5.69 Å². The fourth-order valence-electron chi connectivity index (χ4n) is 2.70. The number of hydrogen-bond donors (Lipinski definition) is 2. The number of likely N-dealkylation sites (tertiary alicyclic amines) is 1. The highest BCUT2D eigenvalue weighted by Gasteiger charge is 2.17. The van der Waals surface area contributed by atoms with Crippen molar-refractivity contribution in [3.63, 3.8) is 0 Å². The summed E-state index contributed by atoms with van der Waals surface area (Å²) in [7, 11) is 0. The van der Waals surface area contributed by atoms with Gasteiger partial charge in [-0.2, -0.15) is 0 Å². The van der Waals surface area contributed by atoms with Crippen molar-refractivity contribution in [2.45, 2.75) is 19.3 Å². The lowest BCUT2D eigenvalue weighted by Crippen LogP contribution is -2.28. The van der Waals surface area contributed by atoms with Gasteiger partial charge in [-0.15, -0.1) is 10.2 Å². The number of carbonyl (C=O) groups is 2. The van der Waals surface area contributed by atoms with Crippen LogP contribution in [-0.2, 0) is 0 Å². The van der Waals surface area contributed by atoms with Crippen molar-refractivity contribution in [1.29, 1.82) is 0 Å². The molecule has 1 saturated heterocycles. The van der Waals surface area contributed by atoms with Crippen molar-refractivity contribution < 1.29 is 9.59 Å². The molecule has 0 aliphatic carbocycles. The highest BCUT2D eigenvalue weighted by atomic mass is 32.1. The molecule has 0 saturated carbocycles. The molecule has 1 aliphatic heterocycles. The Kier molecular flexibility index (Phi) is 6.08. The number of carbonyl (C=O) groups excluding carboxylic acids is 2. The third kappa shape index (κ3) is 5.07. The number of hydrogen-bond acceptors (Lipinski definition) is 6. The topological polar surface area (TPSA) is 87.2 Å². The lowest BCUT2D eigenvalue weighted by Gasteiger charge is -2.13. The molecule has 1 fully saturated rings. The summed E-state index contributed by atoms with van der Waals surface area (Å²) in [4.78, 5) is 26.6. The molecule has 132 valence electrons. The normalized spacial score (nSPS) is 14.4. The van der Waals surface area contributed by atoms with E-state index in [2.05, 4.69) is 25.7 Å². The van der Waals surface area contributed by atoms with Gasteiger partial charge in [0.05, 0.1) is 0 Å². The van der Waals surface area contributed by atoms with Crippen LogP contribution >= 0.6 is 11.3 Å². The summed E-state index contributed by atoms with van der Waals surface area (Å²) in [6.07, 6.45) is 3.45. The Balaban J connectivity index is 1.45. The standard InChI is InChI=1S/C17H21N5O2S/c23-14(18-9-6-12-22-10-4-5-11-22)16-20-21-17(25-16)15(24)19-13-7-2-1-3-8-13/h1-3,7-8H,4-6,9-12H2,(H,18,23)(H,19,24). The molecule has 3 rings (SSSR count). The Morgan fingerprint density at radius 1 is 1.04 bits per heavy atom. The van der Waals surface area contributed by atoms with E-state index in [1.807, 2.05) is 18.2 Å². The van der Waals surface area contributed by atoms with E-state index in [-0.39, 0.29) is 21.8 Å². The van der Waals surface area contributed by atoms with Crippen LogP contribution in [0.3, 0.4) is 0 Å². The first-order valence-corrected chi connectivity index (χ1v) is 9.24. The number of anilines is 1. The quantitative estimate of drug-likeness (QED) is 0.739. The van der Waals surface area contributed by atoms with E-state index in [9.17, 15) is 9.59 Å². The van der Waals surface area contributed by atoms with Gasteiger partial charge < -0.3 is 15.5 Å². The second kappa shape index (κ2) is 8.68. The summed E-state index contributed by atoms with van der Waals surface area (Å²) < 4.78 is 0. The van der Waals surface area contributed by atoms with E-state index >= 15 is 0 Å². The van der Waals surface area contributed by atoms with Crippen LogP contribution in [0.2, 0.25) is 0 Å². The minimum absolute atomic E-state index is 0.172. The fraction of sp³-hybridized carbons (Fsp3) is 0.412. The molecular weight excluding hydrogens is 338 g/mol. The van der Waals surface area contributed by atoms with Gasteiger partial charge in [0.15, 0.2) is 0 Å². The molecule has 2 N–H and O–H groups in total. The third-order valence-electron chi connectivity index (χ3n) is 3.98. The van der Waals surface area contributed by atoms with E-state index in [1.54, 1.807) is 12.1 Å². The van der Waals surface area contributed by atoms with Crippen molar-refractivity contribution in [2.24, 2.45) is 0 Å². The van der Waals surface area contributed by atoms with E-state index in [0.29, 0.717) is 12.2 Å². The predicted molar refractivity (Wildman–Crippen MR) is 96.9 cm³/mol. The molecule has 7 nitrogen and oxygen atoms in total. The van der Waals surface area contributed by atoms with Crippen molar-refractivity contribution >= 4 is 28.8 Å². The second-order valence-electron chi connectivity index (χ2n) is 5.89. The average molecular weight is 359 g/mol. The number of aromatic nitrogens is 2. The fourth-order valence-corrected chi connectivity index (χ4v) is 3.35. The van der Waals surface area contributed by atoms with E-state index in [4.69, 9.17) is 0 Å². The lowest BCUT2D eigenvalue weighted by atomic mass is 10.3. The van der Waals surface area contributed by atoms with E-state index in [1.165, 1.54) is 12.8 Å². The van der Waals surface area contributed by atoms with Crippen LogP contribution in [0.1, 0.15) is 38.9 Å². The number of rotatable bonds is 7. The monoisotopic (exact) mass is 359 g/mol. The van der Waals surface area contributed by atoms with Gasteiger partial charge in [0, 0.05) is 12.2 Å².